The third kappa shape index (κ3) is 4.47. The third-order valence-corrected chi connectivity index (χ3v) is 9.92. The fraction of sp³-hybridized carbons (Fsp3) is 0.222. The lowest BCUT2D eigenvalue weighted by atomic mass is 9.82. The van der Waals surface area contributed by atoms with Crippen molar-refractivity contribution in [1.82, 2.24) is 10.0 Å². The standard InChI is InChI=1S/C36H24F6N4O4/c37-35(38,39)23-17-9-7-15-21(23)27-25-29(33(49)43(31(25)47)19-11-3-1-4-12-19)45-28(22-16-8-10-18-24(22)36(40,41)42)26-30(46(27)45)34(50)44(32(26)48)20-13-5-2-6-14-20/h1-18,25-30H/t25-,26-,27+,28+,29-,30+/m0/s1. The van der Waals surface area contributed by atoms with Gasteiger partial charge in [0.25, 0.3) is 11.8 Å². The molecule has 4 aliphatic rings. The van der Waals surface area contributed by atoms with Gasteiger partial charge in [-0.1, -0.05) is 72.8 Å². The molecule has 4 aromatic carbocycles. The lowest BCUT2D eigenvalue weighted by molar-refractivity contribution is -0.143. The minimum atomic E-state index is -4.96. The number of benzene rings is 4. The van der Waals surface area contributed by atoms with Gasteiger partial charge in [0.1, 0.15) is 12.1 Å². The van der Waals surface area contributed by atoms with Crippen LogP contribution >= 0.6 is 0 Å². The zero-order valence-electron chi connectivity index (χ0n) is 25.5. The first kappa shape index (κ1) is 31.9. The molecule has 0 bridgehead atoms. The maximum absolute atomic E-state index is 14.7. The quantitative estimate of drug-likeness (QED) is 0.188. The van der Waals surface area contributed by atoms with Crippen molar-refractivity contribution < 1.29 is 45.5 Å². The Bertz CT molecular complexity index is 1910. The number of hydrogen-bond donors (Lipinski definition) is 0. The van der Waals surface area contributed by atoms with Crippen LogP contribution in [0.1, 0.15) is 34.3 Å². The molecule has 0 radical (unpaired) electrons. The molecule has 0 spiro atoms. The topological polar surface area (TPSA) is 81.2 Å². The molecule has 4 heterocycles. The Hall–Kier alpha value is -5.34. The molecule has 8 nitrogen and oxygen atoms in total. The van der Waals surface area contributed by atoms with Gasteiger partial charge in [-0.2, -0.15) is 26.3 Å². The van der Waals surface area contributed by atoms with E-state index in [9.17, 15) is 45.5 Å². The highest BCUT2D eigenvalue weighted by Crippen LogP contribution is 2.61. The van der Waals surface area contributed by atoms with Crippen molar-refractivity contribution in [3.8, 4) is 0 Å². The lowest BCUT2D eigenvalue weighted by Crippen LogP contribution is -2.50. The SMILES string of the molecule is O=C1[C@@H]2[C@@H](C(=O)N1c1ccccc1)N1[C@H](c3ccccc3C(F)(F)F)[C@@H]3C(=O)N(c4ccccc4)C(=O)[C@@H]3N1[C@@H]2c1ccccc1C(F)(F)F. The summed E-state index contributed by atoms with van der Waals surface area (Å²) in [5.41, 5.74) is -3.01. The molecular formula is C36H24F6N4O4. The van der Waals surface area contributed by atoms with E-state index < -0.39 is 94.2 Å². The van der Waals surface area contributed by atoms with Crippen molar-refractivity contribution >= 4 is 35.0 Å². The number of nitrogens with zero attached hydrogens (tertiary/aromatic N) is 4. The number of anilines is 2. The summed E-state index contributed by atoms with van der Waals surface area (Å²) in [7, 11) is 0. The molecule has 14 heteroatoms. The average Bonchev–Trinajstić information content (AvgIpc) is 3.76. The molecule has 50 heavy (non-hydrogen) atoms. The maximum atomic E-state index is 14.7. The van der Waals surface area contributed by atoms with Gasteiger partial charge in [-0.3, -0.25) is 19.2 Å². The van der Waals surface area contributed by atoms with Crippen LogP contribution in [0.5, 0.6) is 0 Å². The largest absolute Gasteiger partial charge is 0.416 e. The first-order valence-electron chi connectivity index (χ1n) is 15.6. The van der Waals surface area contributed by atoms with Gasteiger partial charge < -0.3 is 0 Å². The Morgan fingerprint density at radius 1 is 0.400 bits per heavy atom. The summed E-state index contributed by atoms with van der Waals surface area (Å²) >= 11 is 0. The van der Waals surface area contributed by atoms with E-state index in [0.717, 1.165) is 56.2 Å². The van der Waals surface area contributed by atoms with Crippen LogP contribution in [0, 0.1) is 11.8 Å². The normalized spacial score (nSPS) is 26.9. The molecule has 0 aliphatic carbocycles. The van der Waals surface area contributed by atoms with E-state index in [-0.39, 0.29) is 11.4 Å². The summed E-state index contributed by atoms with van der Waals surface area (Å²) in [5.74, 6) is -6.78. The number of rotatable bonds is 4. The van der Waals surface area contributed by atoms with Crippen molar-refractivity contribution in [2.24, 2.45) is 11.8 Å². The summed E-state index contributed by atoms with van der Waals surface area (Å²) < 4.78 is 88.0. The predicted octanol–water partition coefficient (Wildman–Crippen LogP) is 6.17. The van der Waals surface area contributed by atoms with Gasteiger partial charge in [0.05, 0.1) is 46.4 Å². The summed E-state index contributed by atoms with van der Waals surface area (Å²) in [5, 5.41) is 2.23. The summed E-state index contributed by atoms with van der Waals surface area (Å²) in [6, 6.07) is 17.3. The number of para-hydroxylation sites is 2. The highest BCUT2D eigenvalue weighted by atomic mass is 19.4. The molecule has 0 aromatic heterocycles. The number of fused-ring (bicyclic) bond motifs is 5. The second-order valence-electron chi connectivity index (χ2n) is 12.5. The molecule has 4 amide bonds. The first-order chi connectivity index (χ1) is 23.8. The predicted molar refractivity (Wildman–Crippen MR) is 164 cm³/mol. The zero-order chi connectivity index (χ0) is 35.3. The van der Waals surface area contributed by atoms with Crippen molar-refractivity contribution in [1.29, 1.82) is 0 Å². The highest BCUT2D eigenvalue weighted by Gasteiger charge is 2.74. The highest BCUT2D eigenvalue weighted by molar-refractivity contribution is 6.26. The van der Waals surface area contributed by atoms with Gasteiger partial charge in [-0.15, -0.1) is 0 Å². The van der Waals surface area contributed by atoms with Crippen molar-refractivity contribution in [2.45, 2.75) is 36.5 Å². The number of halogens is 6. The van der Waals surface area contributed by atoms with Crippen LogP contribution in [-0.2, 0) is 31.5 Å². The van der Waals surface area contributed by atoms with Crippen LogP contribution in [0.25, 0.3) is 0 Å². The van der Waals surface area contributed by atoms with Gasteiger partial charge in [-0.25, -0.2) is 19.8 Å². The van der Waals surface area contributed by atoms with Crippen LogP contribution in [0.3, 0.4) is 0 Å². The summed E-state index contributed by atoms with van der Waals surface area (Å²) in [4.78, 5) is 59.3. The van der Waals surface area contributed by atoms with Crippen molar-refractivity contribution in [3.05, 3.63) is 131 Å². The smallest absolute Gasteiger partial charge is 0.274 e. The third-order valence-electron chi connectivity index (χ3n) is 9.92. The van der Waals surface area contributed by atoms with Crippen LogP contribution in [0.4, 0.5) is 37.7 Å². The monoisotopic (exact) mass is 690 g/mol. The van der Waals surface area contributed by atoms with Crippen molar-refractivity contribution in [2.75, 3.05) is 9.80 Å². The second-order valence-corrected chi connectivity index (χ2v) is 12.5. The van der Waals surface area contributed by atoms with E-state index in [2.05, 4.69) is 0 Å². The molecular weight excluding hydrogens is 666 g/mol. The lowest BCUT2D eigenvalue weighted by Gasteiger charge is -2.36. The van der Waals surface area contributed by atoms with E-state index >= 15 is 0 Å². The molecule has 0 saturated carbocycles. The second kappa shape index (κ2) is 11.1. The Labute approximate surface area is 280 Å². The summed E-state index contributed by atoms with van der Waals surface area (Å²) in [6.07, 6.45) is -9.92. The van der Waals surface area contributed by atoms with Crippen LogP contribution in [0.2, 0.25) is 0 Å². The zero-order valence-corrected chi connectivity index (χ0v) is 25.5. The van der Waals surface area contributed by atoms with Crippen LogP contribution in [-0.4, -0.2) is 45.7 Å². The van der Waals surface area contributed by atoms with E-state index in [4.69, 9.17) is 0 Å². The molecule has 4 fully saturated rings. The molecule has 0 unspecified atom stereocenters. The fourth-order valence-corrected chi connectivity index (χ4v) is 8.14. The number of amides is 4. The first-order valence-corrected chi connectivity index (χ1v) is 15.6. The van der Waals surface area contributed by atoms with Gasteiger partial charge in [0.2, 0.25) is 11.8 Å². The molecule has 0 N–H and O–H groups in total. The number of carbonyl (C=O) groups is 4. The number of imide groups is 2. The van der Waals surface area contributed by atoms with Crippen LogP contribution < -0.4 is 9.80 Å². The van der Waals surface area contributed by atoms with E-state index in [1.165, 1.54) is 36.4 Å². The van der Waals surface area contributed by atoms with E-state index in [1.54, 1.807) is 36.4 Å². The molecule has 6 atom stereocenters. The summed E-state index contributed by atoms with van der Waals surface area (Å²) in [6.45, 7) is 0. The number of hydrazine groups is 1. The van der Waals surface area contributed by atoms with E-state index in [0.29, 0.717) is 0 Å². The Kier molecular flexibility index (Phi) is 7.07. The number of carbonyl (C=O) groups excluding carboxylic acids is 4. The molecule has 4 saturated heterocycles. The molecule has 254 valence electrons. The molecule has 4 aromatic rings. The van der Waals surface area contributed by atoms with Gasteiger partial charge in [-0.05, 0) is 47.5 Å². The average molecular weight is 691 g/mol. The Balaban J connectivity index is 1.41. The fourth-order valence-electron chi connectivity index (χ4n) is 8.14. The van der Waals surface area contributed by atoms with Gasteiger partial charge in [0.15, 0.2) is 0 Å². The Morgan fingerprint density at radius 3 is 1.06 bits per heavy atom. The van der Waals surface area contributed by atoms with Crippen molar-refractivity contribution in [3.63, 3.8) is 0 Å². The minimum Gasteiger partial charge on any atom is -0.274 e. The minimum absolute atomic E-state index is 0.111. The van der Waals surface area contributed by atoms with Gasteiger partial charge in [0, 0.05) is 0 Å². The molecule has 4 aliphatic heterocycles. The van der Waals surface area contributed by atoms with Gasteiger partial charge >= 0.3 is 12.4 Å². The van der Waals surface area contributed by atoms with E-state index in [1.807, 2.05) is 0 Å². The Morgan fingerprint density at radius 2 is 0.720 bits per heavy atom. The molecule has 8 rings (SSSR count). The number of hydrogen-bond acceptors (Lipinski definition) is 6. The van der Waals surface area contributed by atoms with Crippen LogP contribution in [0.15, 0.2) is 109 Å². The maximum Gasteiger partial charge on any atom is 0.416 e. The number of alkyl halides is 6.